The summed E-state index contributed by atoms with van der Waals surface area (Å²) in [5.41, 5.74) is 0. The Labute approximate surface area is 82.8 Å². The van der Waals surface area contributed by atoms with Gasteiger partial charge < -0.3 is 0 Å². The van der Waals surface area contributed by atoms with Crippen molar-refractivity contribution < 1.29 is 8.78 Å². The summed E-state index contributed by atoms with van der Waals surface area (Å²) in [5.74, 6) is -1.71. The predicted octanol–water partition coefficient (Wildman–Crippen LogP) is 4.14. The Balaban J connectivity index is 2.97. The van der Waals surface area contributed by atoms with Crippen LogP contribution in [0.1, 0.15) is 4.88 Å². The van der Waals surface area contributed by atoms with Gasteiger partial charge in [-0.25, -0.2) is 8.78 Å². The van der Waals surface area contributed by atoms with Gasteiger partial charge in [0.05, 0.1) is 10.4 Å². The van der Waals surface area contributed by atoms with Crippen LogP contribution in [0.5, 0.6) is 0 Å². The van der Waals surface area contributed by atoms with E-state index in [0.29, 0.717) is 9.72 Å². The van der Waals surface area contributed by atoms with Crippen LogP contribution in [0.2, 0.25) is 5.02 Å². The summed E-state index contributed by atoms with van der Waals surface area (Å²) in [7, 11) is 0. The van der Waals surface area contributed by atoms with Gasteiger partial charge in [0.15, 0.2) is 11.6 Å². The molecule has 2 aromatic rings. The van der Waals surface area contributed by atoms with E-state index in [4.69, 9.17) is 11.6 Å². The number of hydrogen-bond donors (Lipinski definition) is 0. The maximum Gasteiger partial charge on any atom is 0.168 e. The summed E-state index contributed by atoms with van der Waals surface area (Å²) < 4.78 is 26.7. The zero-order chi connectivity index (χ0) is 9.59. The average Bonchev–Trinajstić information content (AvgIpc) is 2.37. The van der Waals surface area contributed by atoms with Gasteiger partial charge in [0.25, 0.3) is 0 Å². The molecule has 0 fully saturated rings. The lowest BCUT2D eigenvalue weighted by Crippen LogP contribution is -1.82. The number of hydrogen-bond acceptors (Lipinski definition) is 1. The molecule has 4 heteroatoms. The van der Waals surface area contributed by atoms with E-state index in [0.717, 1.165) is 10.9 Å². The van der Waals surface area contributed by atoms with E-state index in [1.807, 2.05) is 0 Å². The first-order chi connectivity index (χ1) is 6.11. The molecule has 0 radical (unpaired) electrons. The first kappa shape index (κ1) is 8.91. The monoisotopic (exact) mass is 218 g/mol. The van der Waals surface area contributed by atoms with Crippen molar-refractivity contribution in [2.75, 3.05) is 0 Å². The molecular weight excluding hydrogens is 214 g/mol. The second kappa shape index (κ2) is 2.93. The summed E-state index contributed by atoms with van der Waals surface area (Å²) in [6.45, 7) is 1.78. The molecule has 0 aliphatic rings. The third-order valence-corrected chi connectivity index (χ3v) is 3.50. The predicted molar refractivity (Wildman–Crippen MR) is 51.5 cm³/mol. The van der Waals surface area contributed by atoms with E-state index in [-0.39, 0.29) is 5.39 Å². The van der Waals surface area contributed by atoms with E-state index < -0.39 is 11.6 Å². The first-order valence-corrected chi connectivity index (χ1v) is 4.83. The molecule has 1 aromatic heterocycles. The maximum atomic E-state index is 13.2. The molecule has 2 rings (SSSR count). The molecule has 0 amide bonds. The Kier molecular flexibility index (Phi) is 2.00. The van der Waals surface area contributed by atoms with Crippen LogP contribution in [0.15, 0.2) is 12.1 Å². The van der Waals surface area contributed by atoms with Gasteiger partial charge in [0.2, 0.25) is 0 Å². The molecule has 0 aliphatic carbocycles. The zero-order valence-corrected chi connectivity index (χ0v) is 8.27. The highest BCUT2D eigenvalue weighted by Gasteiger charge is 2.14. The van der Waals surface area contributed by atoms with E-state index in [9.17, 15) is 8.78 Å². The molecule has 0 N–H and O–H groups in total. The molecule has 13 heavy (non-hydrogen) atoms. The molecule has 0 saturated carbocycles. The summed E-state index contributed by atoms with van der Waals surface area (Å²) in [4.78, 5) is 0.807. The largest absolute Gasteiger partial charge is 0.204 e. The molecular formula is C9H5ClF2S. The number of benzene rings is 1. The fourth-order valence-electron chi connectivity index (χ4n) is 1.21. The number of halogens is 3. The highest BCUT2D eigenvalue weighted by atomic mass is 35.5. The number of aryl methyl sites for hydroxylation is 1. The Morgan fingerprint density at radius 2 is 2.00 bits per heavy atom. The topological polar surface area (TPSA) is 0 Å². The van der Waals surface area contributed by atoms with Gasteiger partial charge in [-0.15, -0.1) is 11.3 Å². The zero-order valence-electron chi connectivity index (χ0n) is 6.70. The van der Waals surface area contributed by atoms with Crippen LogP contribution in [-0.2, 0) is 0 Å². The van der Waals surface area contributed by atoms with Crippen molar-refractivity contribution in [1.29, 1.82) is 0 Å². The van der Waals surface area contributed by atoms with Crippen molar-refractivity contribution in [3.8, 4) is 0 Å². The molecule has 0 saturated heterocycles. The van der Waals surface area contributed by atoms with Crippen LogP contribution in [-0.4, -0.2) is 0 Å². The van der Waals surface area contributed by atoms with Gasteiger partial charge in [-0.3, -0.25) is 0 Å². The van der Waals surface area contributed by atoms with Crippen molar-refractivity contribution in [2.24, 2.45) is 0 Å². The first-order valence-electron chi connectivity index (χ1n) is 3.64. The summed E-state index contributed by atoms with van der Waals surface area (Å²) in [5, 5.41) is 0.515. The van der Waals surface area contributed by atoms with Gasteiger partial charge in [0, 0.05) is 9.58 Å². The lowest BCUT2D eigenvalue weighted by molar-refractivity contribution is 0.517. The SMILES string of the molecule is Cc1sc2ccc(F)c(F)c2c1Cl. The highest BCUT2D eigenvalue weighted by molar-refractivity contribution is 7.19. The van der Waals surface area contributed by atoms with Crippen LogP contribution >= 0.6 is 22.9 Å². The van der Waals surface area contributed by atoms with Crippen molar-refractivity contribution >= 4 is 33.0 Å². The molecule has 1 aromatic carbocycles. The van der Waals surface area contributed by atoms with Crippen LogP contribution in [0, 0.1) is 18.6 Å². The quantitative estimate of drug-likeness (QED) is 0.624. The molecule has 1 heterocycles. The summed E-state index contributed by atoms with van der Waals surface area (Å²) >= 11 is 7.19. The minimum absolute atomic E-state index is 0.198. The Bertz CT molecular complexity index is 476. The van der Waals surface area contributed by atoms with E-state index in [2.05, 4.69) is 0 Å². The lowest BCUT2D eigenvalue weighted by Gasteiger charge is -1.94. The second-order valence-electron chi connectivity index (χ2n) is 2.71. The van der Waals surface area contributed by atoms with Crippen molar-refractivity contribution in [3.63, 3.8) is 0 Å². The van der Waals surface area contributed by atoms with Crippen LogP contribution < -0.4 is 0 Å². The minimum atomic E-state index is -0.855. The molecule has 0 spiro atoms. The van der Waals surface area contributed by atoms with Gasteiger partial charge >= 0.3 is 0 Å². The standard InChI is InChI=1S/C9H5ClF2S/c1-4-8(10)7-6(13-4)3-2-5(11)9(7)12/h2-3H,1H3. The molecule has 0 atom stereocenters. The summed E-state index contributed by atoms with van der Waals surface area (Å²) in [6.07, 6.45) is 0. The smallest absolute Gasteiger partial charge is 0.168 e. The average molecular weight is 219 g/mol. The Morgan fingerprint density at radius 3 is 2.69 bits per heavy atom. The molecule has 0 bridgehead atoms. The number of fused-ring (bicyclic) bond motifs is 1. The van der Waals surface area contributed by atoms with E-state index >= 15 is 0 Å². The van der Waals surface area contributed by atoms with Crippen LogP contribution in [0.3, 0.4) is 0 Å². The summed E-state index contributed by atoms with van der Waals surface area (Å²) in [6, 6.07) is 2.65. The van der Waals surface area contributed by atoms with Crippen LogP contribution in [0.4, 0.5) is 8.78 Å². The van der Waals surface area contributed by atoms with Crippen LogP contribution in [0.25, 0.3) is 10.1 Å². The fourth-order valence-corrected chi connectivity index (χ4v) is 2.52. The highest BCUT2D eigenvalue weighted by Crippen LogP contribution is 2.36. The van der Waals surface area contributed by atoms with Crippen molar-refractivity contribution in [3.05, 3.63) is 33.7 Å². The molecule has 0 aliphatic heterocycles. The Morgan fingerprint density at radius 1 is 1.31 bits per heavy atom. The molecule has 0 nitrogen and oxygen atoms in total. The third kappa shape index (κ3) is 1.23. The van der Waals surface area contributed by atoms with Gasteiger partial charge in [-0.1, -0.05) is 11.6 Å². The van der Waals surface area contributed by atoms with Crippen molar-refractivity contribution in [2.45, 2.75) is 6.92 Å². The van der Waals surface area contributed by atoms with Gasteiger partial charge in [-0.2, -0.15) is 0 Å². The second-order valence-corrected chi connectivity index (χ2v) is 4.34. The van der Waals surface area contributed by atoms with Gasteiger partial charge in [-0.05, 0) is 19.1 Å². The normalized spacial score (nSPS) is 11.1. The van der Waals surface area contributed by atoms with E-state index in [1.165, 1.54) is 17.4 Å². The maximum absolute atomic E-state index is 13.2. The van der Waals surface area contributed by atoms with E-state index in [1.54, 1.807) is 6.92 Å². The number of rotatable bonds is 0. The fraction of sp³-hybridized carbons (Fsp3) is 0.111. The minimum Gasteiger partial charge on any atom is -0.204 e. The Hall–Kier alpha value is -0.670. The van der Waals surface area contributed by atoms with Gasteiger partial charge in [0.1, 0.15) is 0 Å². The van der Waals surface area contributed by atoms with Crippen molar-refractivity contribution in [1.82, 2.24) is 0 Å². The lowest BCUT2D eigenvalue weighted by atomic mass is 10.2. The number of thiophene rings is 1. The molecule has 0 unspecified atom stereocenters. The molecule has 68 valence electrons. The third-order valence-electron chi connectivity index (χ3n) is 1.85.